The van der Waals surface area contributed by atoms with Crippen LogP contribution in [0.25, 0.3) is 23.0 Å². The third-order valence-corrected chi connectivity index (χ3v) is 2.29. The Kier molecular flexibility index (Phi) is 3.64. The van der Waals surface area contributed by atoms with Crippen LogP contribution in [0.3, 0.4) is 0 Å². The second kappa shape index (κ2) is 5.37. The topological polar surface area (TPSA) is 67.3 Å². The fraction of sp³-hybridized carbons (Fsp3) is 0. The van der Waals surface area contributed by atoms with Crippen LogP contribution in [0.1, 0.15) is 0 Å². The van der Waals surface area contributed by atoms with Crippen LogP contribution < -0.4 is 0 Å². The van der Waals surface area contributed by atoms with E-state index in [1.54, 1.807) is 12.4 Å². The Morgan fingerprint density at radius 2 is 1.50 bits per heavy atom. The lowest BCUT2D eigenvalue weighted by molar-refractivity contribution is 1.08. The van der Waals surface area contributed by atoms with Gasteiger partial charge in [0.1, 0.15) is 11.4 Å². The number of rotatable bonds is 2. The number of aromatic nitrogens is 5. The Bertz CT molecular complexity index is 555. The van der Waals surface area contributed by atoms with Gasteiger partial charge in [0.25, 0.3) is 0 Å². The van der Waals surface area contributed by atoms with Gasteiger partial charge < -0.3 is 0 Å². The largest absolute Gasteiger partial charge is 0.257 e. The van der Waals surface area contributed by atoms with Crippen LogP contribution in [0.2, 0.25) is 0 Å². The molecule has 6 heteroatoms. The van der Waals surface area contributed by atoms with Crippen molar-refractivity contribution in [1.82, 2.24) is 25.1 Å². The third kappa shape index (κ3) is 2.36. The van der Waals surface area contributed by atoms with Crippen molar-refractivity contribution in [2.24, 2.45) is 0 Å². The average Bonchev–Trinajstić information content (AvgIpc) is 2.90. The summed E-state index contributed by atoms with van der Waals surface area (Å²) in [6.45, 7) is 0. The summed E-state index contributed by atoms with van der Waals surface area (Å²) in [6, 6.07) is 11.3. The zero-order valence-electron chi connectivity index (χ0n) is 9.32. The third-order valence-electron chi connectivity index (χ3n) is 2.29. The molecule has 0 amide bonds. The zero-order chi connectivity index (χ0) is 11.5. The molecule has 0 spiro atoms. The van der Waals surface area contributed by atoms with E-state index in [0.29, 0.717) is 11.6 Å². The Morgan fingerprint density at radius 3 is 2.11 bits per heavy atom. The lowest BCUT2D eigenvalue weighted by Crippen LogP contribution is -1.85. The minimum absolute atomic E-state index is 0. The first-order valence-electron chi connectivity index (χ1n) is 5.19. The molecule has 0 unspecified atom stereocenters. The maximum absolute atomic E-state index is 4.36. The number of aromatic amines is 1. The van der Waals surface area contributed by atoms with E-state index in [0.717, 1.165) is 11.4 Å². The smallest absolute Gasteiger partial charge is 0.200 e. The average molecular weight is 260 g/mol. The van der Waals surface area contributed by atoms with Gasteiger partial charge in [-0.2, -0.15) is 5.10 Å². The maximum atomic E-state index is 4.36. The number of nitrogens with zero attached hydrogens (tertiary/aromatic N) is 4. The van der Waals surface area contributed by atoms with Crippen LogP contribution in [-0.4, -0.2) is 25.1 Å². The lowest BCUT2D eigenvalue weighted by Gasteiger charge is -1.92. The van der Waals surface area contributed by atoms with Crippen LogP contribution in [0.4, 0.5) is 0 Å². The monoisotopic (exact) mass is 259 g/mol. The molecule has 0 aliphatic carbocycles. The number of hydrogen-bond acceptors (Lipinski definition) is 4. The van der Waals surface area contributed by atoms with Gasteiger partial charge in [0.15, 0.2) is 11.6 Å². The SMILES string of the molecule is Cl.c1ccc(-c2n[nH]c(-c3ccccn3)n2)nc1. The number of halogens is 1. The molecule has 0 bridgehead atoms. The van der Waals surface area contributed by atoms with Gasteiger partial charge in [-0.05, 0) is 24.3 Å². The van der Waals surface area contributed by atoms with E-state index in [1.165, 1.54) is 0 Å². The van der Waals surface area contributed by atoms with E-state index in [2.05, 4.69) is 25.1 Å². The number of pyridine rings is 2. The molecule has 0 aromatic carbocycles. The highest BCUT2D eigenvalue weighted by molar-refractivity contribution is 5.85. The summed E-state index contributed by atoms with van der Waals surface area (Å²) in [6.07, 6.45) is 3.43. The van der Waals surface area contributed by atoms with E-state index in [9.17, 15) is 0 Å². The summed E-state index contributed by atoms with van der Waals surface area (Å²) in [5, 5.41) is 6.98. The Labute approximate surface area is 110 Å². The quantitative estimate of drug-likeness (QED) is 0.767. The summed E-state index contributed by atoms with van der Waals surface area (Å²) < 4.78 is 0. The molecule has 3 aromatic rings. The summed E-state index contributed by atoms with van der Waals surface area (Å²) in [5.41, 5.74) is 1.51. The molecule has 0 saturated carbocycles. The molecular formula is C12H10ClN5. The highest BCUT2D eigenvalue weighted by Gasteiger charge is 2.08. The molecule has 5 nitrogen and oxygen atoms in total. The normalized spacial score (nSPS) is 9.78. The van der Waals surface area contributed by atoms with Crippen LogP contribution in [0.5, 0.6) is 0 Å². The fourth-order valence-corrected chi connectivity index (χ4v) is 1.49. The van der Waals surface area contributed by atoms with Gasteiger partial charge in [0.2, 0.25) is 0 Å². The first kappa shape index (κ1) is 12.2. The molecule has 0 aliphatic heterocycles. The van der Waals surface area contributed by atoms with Crippen LogP contribution in [-0.2, 0) is 0 Å². The van der Waals surface area contributed by atoms with Crippen molar-refractivity contribution < 1.29 is 0 Å². The first-order chi connectivity index (χ1) is 8.43. The molecule has 1 N–H and O–H groups in total. The Morgan fingerprint density at radius 1 is 0.833 bits per heavy atom. The summed E-state index contributed by atoms with van der Waals surface area (Å²) >= 11 is 0. The zero-order valence-corrected chi connectivity index (χ0v) is 10.1. The minimum atomic E-state index is 0. The highest BCUT2D eigenvalue weighted by Crippen LogP contribution is 2.15. The fourth-order valence-electron chi connectivity index (χ4n) is 1.49. The molecule has 0 fully saturated rings. The van der Waals surface area contributed by atoms with Crippen molar-refractivity contribution in [1.29, 1.82) is 0 Å². The molecule has 0 saturated heterocycles. The molecule has 18 heavy (non-hydrogen) atoms. The molecule has 90 valence electrons. The number of nitrogens with one attached hydrogen (secondary N) is 1. The number of H-pyrrole nitrogens is 1. The lowest BCUT2D eigenvalue weighted by atomic mass is 10.3. The van der Waals surface area contributed by atoms with Crippen molar-refractivity contribution >= 4 is 12.4 Å². The standard InChI is InChI=1S/C12H9N5.ClH/c1-3-7-13-9(5-1)11-15-12(17-16-11)10-6-2-4-8-14-10;/h1-8H,(H,15,16,17);1H. The minimum Gasteiger partial charge on any atom is -0.257 e. The predicted octanol–water partition coefficient (Wildman–Crippen LogP) is 2.35. The van der Waals surface area contributed by atoms with Crippen molar-refractivity contribution in [2.75, 3.05) is 0 Å². The second-order valence-electron chi connectivity index (χ2n) is 3.44. The van der Waals surface area contributed by atoms with Gasteiger partial charge in [0, 0.05) is 12.4 Å². The van der Waals surface area contributed by atoms with E-state index < -0.39 is 0 Å². The summed E-state index contributed by atoms with van der Waals surface area (Å²) in [5.74, 6) is 1.22. The van der Waals surface area contributed by atoms with E-state index in [4.69, 9.17) is 0 Å². The van der Waals surface area contributed by atoms with Crippen LogP contribution in [0.15, 0.2) is 48.8 Å². The van der Waals surface area contributed by atoms with E-state index in [1.807, 2.05) is 36.4 Å². The van der Waals surface area contributed by atoms with Gasteiger partial charge in [-0.25, -0.2) is 4.98 Å². The summed E-state index contributed by atoms with van der Waals surface area (Å²) in [7, 11) is 0. The van der Waals surface area contributed by atoms with Crippen molar-refractivity contribution in [3.05, 3.63) is 48.8 Å². The Hall–Kier alpha value is -2.27. The predicted molar refractivity (Wildman–Crippen MR) is 70.1 cm³/mol. The van der Waals surface area contributed by atoms with Crippen molar-refractivity contribution in [3.8, 4) is 23.0 Å². The van der Waals surface area contributed by atoms with Gasteiger partial charge in [-0.3, -0.25) is 15.1 Å². The van der Waals surface area contributed by atoms with E-state index in [-0.39, 0.29) is 12.4 Å². The number of hydrogen-bond donors (Lipinski definition) is 1. The molecule has 3 rings (SSSR count). The van der Waals surface area contributed by atoms with E-state index >= 15 is 0 Å². The van der Waals surface area contributed by atoms with Gasteiger partial charge in [0.05, 0.1) is 0 Å². The molecule has 3 heterocycles. The van der Waals surface area contributed by atoms with Crippen LogP contribution >= 0.6 is 12.4 Å². The molecule has 0 aliphatic rings. The Balaban J connectivity index is 0.00000120. The molecular weight excluding hydrogens is 250 g/mol. The maximum Gasteiger partial charge on any atom is 0.200 e. The van der Waals surface area contributed by atoms with Crippen molar-refractivity contribution in [2.45, 2.75) is 0 Å². The van der Waals surface area contributed by atoms with Gasteiger partial charge in [-0.1, -0.05) is 12.1 Å². The van der Waals surface area contributed by atoms with Gasteiger partial charge in [-0.15, -0.1) is 12.4 Å². The van der Waals surface area contributed by atoms with Gasteiger partial charge >= 0.3 is 0 Å². The molecule has 3 aromatic heterocycles. The van der Waals surface area contributed by atoms with Crippen LogP contribution in [0, 0.1) is 0 Å². The summed E-state index contributed by atoms with van der Waals surface area (Å²) in [4.78, 5) is 12.8. The highest BCUT2D eigenvalue weighted by atomic mass is 35.5. The van der Waals surface area contributed by atoms with Crippen molar-refractivity contribution in [3.63, 3.8) is 0 Å². The molecule has 0 radical (unpaired) electrons. The molecule has 0 atom stereocenters. The first-order valence-corrected chi connectivity index (χ1v) is 5.19. The second-order valence-corrected chi connectivity index (χ2v) is 3.44.